The van der Waals surface area contributed by atoms with Gasteiger partial charge in [0.15, 0.2) is 0 Å². The van der Waals surface area contributed by atoms with Crippen LogP contribution in [0.15, 0.2) is 36.5 Å². The van der Waals surface area contributed by atoms with Crippen molar-refractivity contribution >= 4 is 0 Å². The highest BCUT2D eigenvalue weighted by molar-refractivity contribution is 5.34. The maximum Gasteiger partial charge on any atom is 0.0842 e. The van der Waals surface area contributed by atoms with E-state index in [1.165, 1.54) is 18.4 Å². The Labute approximate surface area is 107 Å². The number of rotatable bonds is 4. The van der Waals surface area contributed by atoms with Crippen molar-refractivity contribution in [2.75, 3.05) is 0 Å². The van der Waals surface area contributed by atoms with Gasteiger partial charge in [0.05, 0.1) is 5.69 Å². The molecule has 0 aliphatic heterocycles. The molecular weight excluding hydrogens is 224 g/mol. The van der Waals surface area contributed by atoms with E-state index in [9.17, 15) is 0 Å². The molecule has 1 aliphatic rings. The molecule has 3 rings (SSSR count). The Hall–Kier alpha value is -1.68. The third kappa shape index (κ3) is 1.93. The summed E-state index contributed by atoms with van der Waals surface area (Å²) in [6.07, 6.45) is 5.10. The molecule has 0 saturated heterocycles. The van der Waals surface area contributed by atoms with Crippen LogP contribution in [0.4, 0.5) is 0 Å². The van der Waals surface area contributed by atoms with Crippen molar-refractivity contribution in [3.8, 4) is 0 Å². The SMILES string of the molecule is Cn1cc(CC(N)C2(c3ccccc3)CC2)nn1. The molecule has 0 spiro atoms. The zero-order valence-electron chi connectivity index (χ0n) is 10.6. The summed E-state index contributed by atoms with van der Waals surface area (Å²) < 4.78 is 1.73. The highest BCUT2D eigenvalue weighted by Crippen LogP contribution is 2.50. The van der Waals surface area contributed by atoms with Crippen molar-refractivity contribution in [2.45, 2.75) is 30.7 Å². The first-order valence-electron chi connectivity index (χ1n) is 6.37. The summed E-state index contributed by atoms with van der Waals surface area (Å²) in [4.78, 5) is 0. The summed E-state index contributed by atoms with van der Waals surface area (Å²) in [5, 5.41) is 8.08. The second-order valence-electron chi connectivity index (χ2n) is 5.22. The van der Waals surface area contributed by atoms with Crippen LogP contribution in [0.3, 0.4) is 0 Å². The monoisotopic (exact) mass is 242 g/mol. The quantitative estimate of drug-likeness (QED) is 0.882. The van der Waals surface area contributed by atoms with Crippen molar-refractivity contribution in [3.63, 3.8) is 0 Å². The normalized spacial score (nSPS) is 18.6. The van der Waals surface area contributed by atoms with Gasteiger partial charge in [0.25, 0.3) is 0 Å². The van der Waals surface area contributed by atoms with Crippen LogP contribution >= 0.6 is 0 Å². The fourth-order valence-electron chi connectivity index (χ4n) is 2.69. The topological polar surface area (TPSA) is 56.7 Å². The van der Waals surface area contributed by atoms with Gasteiger partial charge in [-0.3, -0.25) is 4.68 Å². The van der Waals surface area contributed by atoms with Gasteiger partial charge in [-0.25, -0.2) is 0 Å². The van der Waals surface area contributed by atoms with Crippen LogP contribution in [-0.2, 0) is 18.9 Å². The van der Waals surface area contributed by atoms with E-state index in [2.05, 4.69) is 34.6 Å². The van der Waals surface area contributed by atoms with Crippen LogP contribution in [0.1, 0.15) is 24.1 Å². The minimum atomic E-state index is 0.122. The molecule has 0 radical (unpaired) electrons. The van der Waals surface area contributed by atoms with Gasteiger partial charge >= 0.3 is 0 Å². The Bertz CT molecular complexity index is 528. The van der Waals surface area contributed by atoms with Gasteiger partial charge in [-0.1, -0.05) is 35.5 Å². The molecule has 1 aromatic carbocycles. The molecule has 94 valence electrons. The molecule has 1 aromatic heterocycles. The summed E-state index contributed by atoms with van der Waals surface area (Å²) >= 11 is 0. The second-order valence-corrected chi connectivity index (χ2v) is 5.22. The molecule has 18 heavy (non-hydrogen) atoms. The van der Waals surface area contributed by atoms with Crippen LogP contribution in [0, 0.1) is 0 Å². The van der Waals surface area contributed by atoms with E-state index in [-0.39, 0.29) is 11.5 Å². The molecule has 0 bridgehead atoms. The average molecular weight is 242 g/mol. The van der Waals surface area contributed by atoms with Gasteiger partial charge in [-0.2, -0.15) is 0 Å². The first-order valence-corrected chi connectivity index (χ1v) is 6.37. The second kappa shape index (κ2) is 4.21. The van der Waals surface area contributed by atoms with Crippen LogP contribution in [0.25, 0.3) is 0 Å². The minimum Gasteiger partial charge on any atom is -0.327 e. The molecule has 1 heterocycles. The predicted octanol–water partition coefficient (Wildman–Crippen LogP) is 1.42. The molecule has 0 amide bonds. The Morgan fingerprint density at radius 1 is 1.33 bits per heavy atom. The van der Waals surface area contributed by atoms with E-state index in [0.29, 0.717) is 0 Å². The Balaban J connectivity index is 1.78. The third-order valence-corrected chi connectivity index (χ3v) is 3.93. The van der Waals surface area contributed by atoms with Crippen molar-refractivity contribution in [3.05, 3.63) is 47.8 Å². The van der Waals surface area contributed by atoms with Gasteiger partial charge in [-0.15, -0.1) is 5.10 Å². The maximum atomic E-state index is 6.41. The first-order chi connectivity index (χ1) is 8.71. The van der Waals surface area contributed by atoms with Gasteiger partial charge < -0.3 is 5.73 Å². The average Bonchev–Trinajstić information content (AvgIpc) is 3.10. The van der Waals surface area contributed by atoms with Crippen LogP contribution in [0.5, 0.6) is 0 Å². The van der Waals surface area contributed by atoms with Gasteiger partial charge in [-0.05, 0) is 18.4 Å². The molecule has 1 fully saturated rings. The van der Waals surface area contributed by atoms with E-state index in [0.717, 1.165) is 12.1 Å². The lowest BCUT2D eigenvalue weighted by Crippen LogP contribution is -2.36. The molecule has 1 aliphatic carbocycles. The van der Waals surface area contributed by atoms with E-state index < -0.39 is 0 Å². The number of aryl methyl sites for hydroxylation is 1. The summed E-state index contributed by atoms with van der Waals surface area (Å²) in [5.41, 5.74) is 8.92. The number of nitrogens with two attached hydrogens (primary N) is 1. The highest BCUT2D eigenvalue weighted by Gasteiger charge is 2.49. The fraction of sp³-hybridized carbons (Fsp3) is 0.429. The number of benzene rings is 1. The predicted molar refractivity (Wildman–Crippen MR) is 70.0 cm³/mol. The lowest BCUT2D eigenvalue weighted by molar-refractivity contribution is 0.509. The lowest BCUT2D eigenvalue weighted by Gasteiger charge is -2.23. The number of hydrogen-bond acceptors (Lipinski definition) is 3. The zero-order valence-corrected chi connectivity index (χ0v) is 10.6. The van der Waals surface area contributed by atoms with E-state index >= 15 is 0 Å². The number of aromatic nitrogens is 3. The Morgan fingerprint density at radius 3 is 2.61 bits per heavy atom. The summed E-state index contributed by atoms with van der Waals surface area (Å²) in [6.45, 7) is 0. The van der Waals surface area contributed by atoms with Gasteiger partial charge in [0.1, 0.15) is 0 Å². The summed E-state index contributed by atoms with van der Waals surface area (Å²) in [6, 6.07) is 10.7. The van der Waals surface area contributed by atoms with Crippen molar-refractivity contribution in [1.29, 1.82) is 0 Å². The van der Waals surface area contributed by atoms with Crippen LogP contribution < -0.4 is 5.73 Å². The maximum absolute atomic E-state index is 6.41. The van der Waals surface area contributed by atoms with E-state index in [1.807, 2.05) is 19.3 Å². The van der Waals surface area contributed by atoms with E-state index in [1.54, 1.807) is 4.68 Å². The standard InChI is InChI=1S/C14H18N4/c1-18-10-12(16-17-18)9-13(15)14(7-8-14)11-5-3-2-4-6-11/h2-6,10,13H,7-9,15H2,1H3. The molecule has 1 unspecified atom stereocenters. The zero-order chi connectivity index (χ0) is 12.6. The summed E-state index contributed by atoms with van der Waals surface area (Å²) in [7, 11) is 1.88. The van der Waals surface area contributed by atoms with Crippen molar-refractivity contribution in [1.82, 2.24) is 15.0 Å². The molecule has 1 saturated carbocycles. The molecule has 4 nitrogen and oxygen atoms in total. The molecular formula is C14H18N4. The molecule has 2 N–H and O–H groups in total. The largest absolute Gasteiger partial charge is 0.327 e. The molecule has 1 atom stereocenters. The van der Waals surface area contributed by atoms with E-state index in [4.69, 9.17) is 5.73 Å². The smallest absolute Gasteiger partial charge is 0.0842 e. The Kier molecular flexibility index (Phi) is 2.67. The van der Waals surface area contributed by atoms with Crippen molar-refractivity contribution < 1.29 is 0 Å². The van der Waals surface area contributed by atoms with Gasteiger partial charge in [0.2, 0.25) is 0 Å². The fourth-order valence-corrected chi connectivity index (χ4v) is 2.69. The first kappa shape index (κ1) is 11.4. The van der Waals surface area contributed by atoms with Crippen LogP contribution in [-0.4, -0.2) is 21.0 Å². The highest BCUT2D eigenvalue weighted by atomic mass is 15.4. The molecule has 2 aromatic rings. The van der Waals surface area contributed by atoms with Crippen molar-refractivity contribution in [2.24, 2.45) is 12.8 Å². The van der Waals surface area contributed by atoms with Gasteiger partial charge in [0, 0.05) is 31.1 Å². The summed E-state index contributed by atoms with van der Waals surface area (Å²) in [5.74, 6) is 0. The number of nitrogens with zero attached hydrogens (tertiary/aromatic N) is 3. The Morgan fingerprint density at radius 2 is 2.06 bits per heavy atom. The minimum absolute atomic E-state index is 0.122. The number of hydrogen-bond donors (Lipinski definition) is 1. The third-order valence-electron chi connectivity index (χ3n) is 3.93. The van der Waals surface area contributed by atoms with Crippen LogP contribution in [0.2, 0.25) is 0 Å². The lowest BCUT2D eigenvalue weighted by atomic mass is 9.86. The molecule has 4 heteroatoms.